The molecule has 0 spiro atoms. The van der Waals surface area contributed by atoms with Crippen LogP contribution in [0, 0.1) is 5.92 Å². The van der Waals surface area contributed by atoms with Gasteiger partial charge in [-0.05, 0) is 12.8 Å². The molecule has 0 heterocycles. The molecule has 0 radical (unpaired) electrons. The van der Waals surface area contributed by atoms with Crippen LogP contribution in [0.3, 0.4) is 0 Å². The predicted octanol–water partition coefficient (Wildman–Crippen LogP) is 1.41. The van der Waals surface area contributed by atoms with Gasteiger partial charge in [-0.3, -0.25) is 4.79 Å². The highest BCUT2D eigenvalue weighted by Gasteiger charge is 2.20. The number of nitrogens with zero attached hydrogens (tertiary/aromatic N) is 2. The Morgan fingerprint density at radius 2 is 1.88 bits per heavy atom. The number of nitrogens with two attached hydrogens (primary N) is 1. The van der Waals surface area contributed by atoms with Crippen molar-refractivity contribution in [1.29, 1.82) is 0 Å². The van der Waals surface area contributed by atoms with Crippen molar-refractivity contribution < 1.29 is 10.0 Å². The molecule has 0 unspecified atom stereocenters. The van der Waals surface area contributed by atoms with E-state index < -0.39 is 0 Å². The molecule has 5 heteroatoms. The van der Waals surface area contributed by atoms with E-state index in [9.17, 15) is 4.79 Å². The first-order valence-electron chi connectivity index (χ1n) is 5.78. The average molecular weight is 229 g/mol. The second-order valence-corrected chi connectivity index (χ2v) is 4.06. The maximum atomic E-state index is 12.0. The van der Waals surface area contributed by atoms with Crippen molar-refractivity contribution >= 4 is 11.7 Å². The molecule has 0 atom stereocenters. The molecule has 0 aromatic rings. The van der Waals surface area contributed by atoms with Crippen LogP contribution in [0.4, 0.5) is 0 Å². The maximum absolute atomic E-state index is 12.0. The zero-order chi connectivity index (χ0) is 12.6. The van der Waals surface area contributed by atoms with Gasteiger partial charge in [0.1, 0.15) is 0 Å². The molecule has 1 amide bonds. The number of carbonyl (C=O) groups is 1. The van der Waals surface area contributed by atoms with Crippen LogP contribution in [0.15, 0.2) is 5.16 Å². The summed E-state index contributed by atoms with van der Waals surface area (Å²) in [5, 5.41) is 11.3. The predicted molar refractivity (Wildman–Crippen MR) is 64.4 cm³/mol. The van der Waals surface area contributed by atoms with Gasteiger partial charge in [0, 0.05) is 13.0 Å². The SMILES string of the molecule is CCCC(CCC)C(=O)N(C)CC(N)=NO. The van der Waals surface area contributed by atoms with Crippen molar-refractivity contribution in [2.45, 2.75) is 39.5 Å². The number of carbonyl (C=O) groups excluding carboxylic acids is 1. The van der Waals surface area contributed by atoms with Crippen LogP contribution in [-0.2, 0) is 4.79 Å². The molecule has 0 aliphatic carbocycles. The highest BCUT2D eigenvalue weighted by atomic mass is 16.4. The molecule has 0 aromatic carbocycles. The van der Waals surface area contributed by atoms with Crippen LogP contribution >= 0.6 is 0 Å². The van der Waals surface area contributed by atoms with Gasteiger partial charge in [-0.25, -0.2) is 0 Å². The van der Waals surface area contributed by atoms with Crippen LogP contribution in [0.1, 0.15) is 39.5 Å². The molecular formula is C11H23N3O2. The van der Waals surface area contributed by atoms with Gasteiger partial charge in [-0.15, -0.1) is 0 Å². The van der Waals surface area contributed by atoms with Gasteiger partial charge in [0.05, 0.1) is 6.54 Å². The molecule has 16 heavy (non-hydrogen) atoms. The smallest absolute Gasteiger partial charge is 0.225 e. The molecular weight excluding hydrogens is 206 g/mol. The first-order valence-corrected chi connectivity index (χ1v) is 5.78. The summed E-state index contributed by atoms with van der Waals surface area (Å²) in [5.41, 5.74) is 5.37. The second-order valence-electron chi connectivity index (χ2n) is 4.06. The molecule has 94 valence electrons. The van der Waals surface area contributed by atoms with Gasteiger partial charge >= 0.3 is 0 Å². The van der Waals surface area contributed by atoms with E-state index in [1.807, 2.05) is 0 Å². The largest absolute Gasteiger partial charge is 0.409 e. The number of likely N-dealkylation sites (N-methyl/N-ethyl adjacent to an activating group) is 1. The number of oxime groups is 1. The fraction of sp³-hybridized carbons (Fsp3) is 0.818. The third-order valence-corrected chi connectivity index (χ3v) is 2.53. The quantitative estimate of drug-likeness (QED) is 0.300. The number of amidine groups is 1. The van der Waals surface area contributed by atoms with E-state index in [4.69, 9.17) is 10.9 Å². The lowest BCUT2D eigenvalue weighted by molar-refractivity contribution is -0.134. The zero-order valence-corrected chi connectivity index (χ0v) is 10.4. The molecule has 0 saturated carbocycles. The van der Waals surface area contributed by atoms with Gasteiger partial charge in [0.25, 0.3) is 0 Å². The van der Waals surface area contributed by atoms with Crippen LogP contribution in [0.5, 0.6) is 0 Å². The van der Waals surface area contributed by atoms with Crippen molar-refractivity contribution in [1.82, 2.24) is 4.90 Å². The summed E-state index contributed by atoms with van der Waals surface area (Å²) in [5.74, 6) is 0.199. The minimum absolute atomic E-state index is 0.0580. The first kappa shape index (κ1) is 14.7. The molecule has 0 aromatic heterocycles. The molecule has 0 aliphatic heterocycles. The fourth-order valence-corrected chi connectivity index (χ4v) is 1.75. The van der Waals surface area contributed by atoms with E-state index in [1.165, 1.54) is 4.90 Å². The van der Waals surface area contributed by atoms with Gasteiger partial charge in [0.15, 0.2) is 5.84 Å². The van der Waals surface area contributed by atoms with E-state index in [1.54, 1.807) is 7.05 Å². The zero-order valence-electron chi connectivity index (χ0n) is 10.4. The summed E-state index contributed by atoms with van der Waals surface area (Å²) in [6, 6.07) is 0. The van der Waals surface area contributed by atoms with E-state index in [0.717, 1.165) is 25.7 Å². The summed E-state index contributed by atoms with van der Waals surface area (Å²) in [6.07, 6.45) is 3.78. The lowest BCUT2D eigenvalue weighted by atomic mass is 9.97. The number of rotatable bonds is 7. The van der Waals surface area contributed by atoms with Gasteiger partial charge in [-0.2, -0.15) is 0 Å². The van der Waals surface area contributed by atoms with Crippen molar-refractivity contribution in [3.8, 4) is 0 Å². The summed E-state index contributed by atoms with van der Waals surface area (Å²) >= 11 is 0. The Bertz CT molecular complexity index is 235. The third kappa shape index (κ3) is 5.00. The Balaban J connectivity index is 4.35. The van der Waals surface area contributed by atoms with E-state index in [2.05, 4.69) is 19.0 Å². The highest BCUT2D eigenvalue weighted by Crippen LogP contribution is 2.15. The topological polar surface area (TPSA) is 78.9 Å². The number of hydrogen-bond acceptors (Lipinski definition) is 3. The lowest BCUT2D eigenvalue weighted by Gasteiger charge is -2.22. The Morgan fingerprint density at radius 3 is 2.25 bits per heavy atom. The molecule has 0 bridgehead atoms. The normalized spacial score (nSPS) is 11.9. The molecule has 5 nitrogen and oxygen atoms in total. The van der Waals surface area contributed by atoms with Crippen LogP contribution in [0.25, 0.3) is 0 Å². The minimum atomic E-state index is 0.0580. The molecule has 0 rings (SSSR count). The molecule has 0 aliphatic rings. The lowest BCUT2D eigenvalue weighted by Crippen LogP contribution is -2.39. The van der Waals surface area contributed by atoms with Gasteiger partial charge < -0.3 is 15.8 Å². The summed E-state index contributed by atoms with van der Waals surface area (Å²) in [4.78, 5) is 13.5. The molecule has 0 fully saturated rings. The first-order chi connectivity index (χ1) is 7.56. The highest BCUT2D eigenvalue weighted by molar-refractivity contribution is 5.87. The van der Waals surface area contributed by atoms with Crippen molar-refractivity contribution in [2.75, 3.05) is 13.6 Å². The van der Waals surface area contributed by atoms with E-state index in [-0.39, 0.29) is 24.2 Å². The Morgan fingerprint density at radius 1 is 1.38 bits per heavy atom. The third-order valence-electron chi connectivity index (χ3n) is 2.53. The van der Waals surface area contributed by atoms with Crippen LogP contribution in [0.2, 0.25) is 0 Å². The molecule has 3 N–H and O–H groups in total. The van der Waals surface area contributed by atoms with E-state index in [0.29, 0.717) is 0 Å². The minimum Gasteiger partial charge on any atom is -0.409 e. The van der Waals surface area contributed by atoms with Crippen molar-refractivity contribution in [3.63, 3.8) is 0 Å². The summed E-state index contributed by atoms with van der Waals surface area (Å²) < 4.78 is 0. The Labute approximate surface area is 97.3 Å². The Kier molecular flexibility index (Phi) is 7.33. The molecule has 0 saturated heterocycles. The Hall–Kier alpha value is -1.26. The van der Waals surface area contributed by atoms with Crippen LogP contribution < -0.4 is 5.73 Å². The standard InChI is InChI=1S/C11H23N3O2/c1-4-6-9(7-5-2)11(15)14(3)8-10(12)13-16/h9,16H,4-8H2,1-3H3,(H2,12,13). The monoisotopic (exact) mass is 229 g/mol. The van der Waals surface area contributed by atoms with Crippen molar-refractivity contribution in [3.05, 3.63) is 0 Å². The van der Waals surface area contributed by atoms with Gasteiger partial charge in [-0.1, -0.05) is 31.8 Å². The summed E-state index contributed by atoms with van der Waals surface area (Å²) in [6.45, 7) is 4.32. The van der Waals surface area contributed by atoms with Crippen LogP contribution in [-0.4, -0.2) is 35.4 Å². The summed E-state index contributed by atoms with van der Waals surface area (Å²) in [7, 11) is 1.68. The van der Waals surface area contributed by atoms with Gasteiger partial charge in [0.2, 0.25) is 5.91 Å². The van der Waals surface area contributed by atoms with Crippen molar-refractivity contribution in [2.24, 2.45) is 16.8 Å². The van der Waals surface area contributed by atoms with E-state index >= 15 is 0 Å². The maximum Gasteiger partial charge on any atom is 0.225 e. The average Bonchev–Trinajstić information content (AvgIpc) is 2.27. The number of hydrogen-bond donors (Lipinski definition) is 2. The second kappa shape index (κ2) is 7.96. The fourth-order valence-electron chi connectivity index (χ4n) is 1.75. The number of amides is 1.